The summed E-state index contributed by atoms with van der Waals surface area (Å²) in [5.74, 6) is -1.91. The van der Waals surface area contributed by atoms with Gasteiger partial charge in [0.2, 0.25) is 0 Å². The van der Waals surface area contributed by atoms with Crippen LogP contribution in [0.5, 0.6) is 0 Å². The van der Waals surface area contributed by atoms with Crippen LogP contribution in [-0.2, 0) is 5.75 Å². The van der Waals surface area contributed by atoms with Gasteiger partial charge in [-0.2, -0.15) is 0 Å². The van der Waals surface area contributed by atoms with Gasteiger partial charge in [-0.15, -0.1) is 0 Å². The van der Waals surface area contributed by atoms with Crippen LogP contribution in [0.2, 0.25) is 0 Å². The van der Waals surface area contributed by atoms with Gasteiger partial charge in [-0.25, -0.2) is 18.7 Å². The maximum atomic E-state index is 13.6. The predicted molar refractivity (Wildman–Crippen MR) is 107 cm³/mol. The number of anilines is 1. The van der Waals surface area contributed by atoms with Crippen LogP contribution >= 0.6 is 11.8 Å². The molecule has 0 saturated heterocycles. The fourth-order valence-electron chi connectivity index (χ4n) is 2.87. The van der Waals surface area contributed by atoms with Crippen molar-refractivity contribution < 1.29 is 18.0 Å². The SMILES string of the molecule is CN(C(=O)c1oc2ccccc2c1CSc1ncccn1)c1ccc(F)c(F)c1. The normalized spacial score (nSPS) is 11.0. The smallest absolute Gasteiger partial charge is 0.294 e. The van der Waals surface area contributed by atoms with Crippen LogP contribution in [-0.4, -0.2) is 22.9 Å². The molecule has 1 amide bonds. The molecule has 2 heterocycles. The van der Waals surface area contributed by atoms with Gasteiger partial charge in [-0.3, -0.25) is 4.79 Å². The highest BCUT2D eigenvalue weighted by Gasteiger charge is 2.25. The number of halogens is 2. The zero-order chi connectivity index (χ0) is 20.4. The molecule has 0 fully saturated rings. The Morgan fingerprint density at radius 1 is 1.07 bits per heavy atom. The van der Waals surface area contributed by atoms with E-state index in [1.807, 2.05) is 18.2 Å². The van der Waals surface area contributed by atoms with Gasteiger partial charge in [-0.1, -0.05) is 30.0 Å². The second-order valence-electron chi connectivity index (χ2n) is 6.19. The van der Waals surface area contributed by atoms with Gasteiger partial charge in [0.05, 0.1) is 0 Å². The number of thioether (sulfide) groups is 1. The first kappa shape index (κ1) is 19.1. The molecule has 4 aromatic rings. The highest BCUT2D eigenvalue weighted by Crippen LogP contribution is 2.32. The van der Waals surface area contributed by atoms with Crippen LogP contribution in [0.3, 0.4) is 0 Å². The first-order valence-corrected chi connectivity index (χ1v) is 9.66. The fraction of sp³-hybridized carbons (Fsp3) is 0.0952. The minimum Gasteiger partial charge on any atom is -0.451 e. The van der Waals surface area contributed by atoms with Crippen LogP contribution < -0.4 is 4.90 Å². The van der Waals surface area contributed by atoms with E-state index in [0.717, 1.165) is 17.5 Å². The van der Waals surface area contributed by atoms with Crippen molar-refractivity contribution in [2.75, 3.05) is 11.9 Å². The van der Waals surface area contributed by atoms with Crippen molar-refractivity contribution in [3.8, 4) is 0 Å². The van der Waals surface area contributed by atoms with Gasteiger partial charge in [0.25, 0.3) is 5.91 Å². The average Bonchev–Trinajstić information content (AvgIpc) is 3.12. The second kappa shape index (κ2) is 8.00. The number of furan rings is 1. The Balaban J connectivity index is 1.70. The highest BCUT2D eigenvalue weighted by atomic mass is 32.2. The topological polar surface area (TPSA) is 59.2 Å². The van der Waals surface area contributed by atoms with Gasteiger partial charge in [0, 0.05) is 47.9 Å². The molecule has 29 heavy (non-hydrogen) atoms. The first-order valence-electron chi connectivity index (χ1n) is 8.68. The molecule has 4 rings (SSSR count). The maximum Gasteiger partial charge on any atom is 0.294 e. The summed E-state index contributed by atoms with van der Waals surface area (Å²) in [6.07, 6.45) is 3.29. The summed E-state index contributed by atoms with van der Waals surface area (Å²) in [4.78, 5) is 22.7. The molecule has 0 bridgehead atoms. The largest absolute Gasteiger partial charge is 0.451 e. The van der Waals surface area contributed by atoms with Crippen LogP contribution in [0, 0.1) is 11.6 Å². The summed E-state index contributed by atoms with van der Waals surface area (Å²) in [7, 11) is 1.49. The number of benzene rings is 2. The molecule has 0 aliphatic carbocycles. The number of fused-ring (bicyclic) bond motifs is 1. The molecule has 2 aromatic carbocycles. The van der Waals surface area contributed by atoms with Gasteiger partial charge in [0.15, 0.2) is 22.6 Å². The van der Waals surface area contributed by atoms with E-state index in [1.165, 1.54) is 29.8 Å². The van der Waals surface area contributed by atoms with E-state index in [0.29, 0.717) is 22.1 Å². The van der Waals surface area contributed by atoms with E-state index in [2.05, 4.69) is 9.97 Å². The van der Waals surface area contributed by atoms with Crippen molar-refractivity contribution in [1.82, 2.24) is 9.97 Å². The molecule has 0 unspecified atom stereocenters. The molecule has 0 radical (unpaired) electrons. The molecular weight excluding hydrogens is 396 g/mol. The van der Waals surface area contributed by atoms with Crippen LogP contribution in [0.1, 0.15) is 16.1 Å². The third-order valence-corrected chi connectivity index (χ3v) is 5.28. The second-order valence-corrected chi connectivity index (χ2v) is 7.13. The Bertz CT molecular complexity index is 1180. The van der Waals surface area contributed by atoms with E-state index < -0.39 is 17.5 Å². The lowest BCUT2D eigenvalue weighted by Crippen LogP contribution is -2.26. The minimum absolute atomic E-state index is 0.141. The fourth-order valence-corrected chi connectivity index (χ4v) is 3.71. The summed E-state index contributed by atoms with van der Waals surface area (Å²) in [6.45, 7) is 0. The molecule has 0 aliphatic heterocycles. The number of para-hydroxylation sites is 1. The molecule has 0 saturated carbocycles. The Morgan fingerprint density at radius 3 is 2.59 bits per heavy atom. The van der Waals surface area contributed by atoms with Crippen LogP contribution in [0.15, 0.2) is 70.5 Å². The first-order chi connectivity index (χ1) is 14.0. The minimum atomic E-state index is -1.02. The van der Waals surface area contributed by atoms with Gasteiger partial charge < -0.3 is 9.32 Å². The van der Waals surface area contributed by atoms with Gasteiger partial charge >= 0.3 is 0 Å². The monoisotopic (exact) mass is 411 g/mol. The lowest BCUT2D eigenvalue weighted by Gasteiger charge is -2.17. The summed E-state index contributed by atoms with van der Waals surface area (Å²) >= 11 is 1.37. The van der Waals surface area contributed by atoms with Crippen molar-refractivity contribution in [3.05, 3.63) is 83.9 Å². The predicted octanol–water partition coefficient (Wildman–Crippen LogP) is 5.07. The van der Waals surface area contributed by atoms with Gasteiger partial charge in [0.1, 0.15) is 5.58 Å². The third kappa shape index (κ3) is 3.84. The van der Waals surface area contributed by atoms with Crippen molar-refractivity contribution in [1.29, 1.82) is 0 Å². The summed E-state index contributed by atoms with van der Waals surface area (Å²) in [5, 5.41) is 1.38. The van der Waals surface area contributed by atoms with Crippen LogP contribution in [0.25, 0.3) is 11.0 Å². The Kier molecular flexibility index (Phi) is 5.26. The van der Waals surface area contributed by atoms with E-state index >= 15 is 0 Å². The maximum absolute atomic E-state index is 13.6. The number of aromatic nitrogens is 2. The zero-order valence-corrected chi connectivity index (χ0v) is 16.1. The number of hydrogen-bond acceptors (Lipinski definition) is 5. The summed E-state index contributed by atoms with van der Waals surface area (Å²) in [5.41, 5.74) is 1.48. The number of hydrogen-bond donors (Lipinski definition) is 0. The Labute approximate surface area is 169 Å². The quantitative estimate of drug-likeness (QED) is 0.339. The number of carbonyl (C=O) groups excluding carboxylic acids is 1. The molecule has 0 N–H and O–H groups in total. The lowest BCUT2D eigenvalue weighted by molar-refractivity contribution is 0.0967. The summed E-state index contributed by atoms with van der Waals surface area (Å²) < 4.78 is 32.7. The number of rotatable bonds is 5. The zero-order valence-electron chi connectivity index (χ0n) is 15.3. The van der Waals surface area contributed by atoms with E-state index in [4.69, 9.17) is 4.42 Å². The number of amides is 1. The van der Waals surface area contributed by atoms with E-state index in [1.54, 1.807) is 24.5 Å². The van der Waals surface area contributed by atoms with Crippen molar-refractivity contribution >= 4 is 34.3 Å². The molecule has 0 atom stereocenters. The lowest BCUT2D eigenvalue weighted by atomic mass is 10.1. The molecular formula is C21H15F2N3O2S. The van der Waals surface area contributed by atoms with Gasteiger partial charge in [-0.05, 0) is 24.3 Å². The third-order valence-electron chi connectivity index (χ3n) is 4.38. The van der Waals surface area contributed by atoms with Crippen LogP contribution in [0.4, 0.5) is 14.5 Å². The Hall–Kier alpha value is -3.26. The molecule has 8 heteroatoms. The highest BCUT2D eigenvalue weighted by molar-refractivity contribution is 7.98. The number of nitrogens with zero attached hydrogens (tertiary/aromatic N) is 3. The van der Waals surface area contributed by atoms with Crippen molar-refractivity contribution in [2.45, 2.75) is 10.9 Å². The molecule has 0 aliphatic rings. The summed E-state index contributed by atoms with van der Waals surface area (Å²) in [6, 6.07) is 12.3. The van der Waals surface area contributed by atoms with E-state index in [-0.39, 0.29) is 11.4 Å². The average molecular weight is 411 g/mol. The molecule has 2 aromatic heterocycles. The number of carbonyl (C=O) groups is 1. The molecule has 5 nitrogen and oxygen atoms in total. The standard InChI is InChI=1S/C21H15F2N3O2S/c1-26(13-7-8-16(22)17(23)11-13)20(27)19-15(12-29-21-24-9-4-10-25-21)14-5-2-3-6-18(14)28-19/h2-11H,12H2,1H3. The van der Waals surface area contributed by atoms with Crippen molar-refractivity contribution in [3.63, 3.8) is 0 Å². The van der Waals surface area contributed by atoms with E-state index in [9.17, 15) is 13.6 Å². The Morgan fingerprint density at radius 2 is 1.83 bits per heavy atom. The van der Waals surface area contributed by atoms with Crippen molar-refractivity contribution in [2.24, 2.45) is 0 Å². The molecule has 146 valence electrons. The molecule has 0 spiro atoms.